The molecule has 0 amide bonds. The first-order chi connectivity index (χ1) is 37.5. The zero-order valence-corrected chi connectivity index (χ0v) is 44.6. The topological polar surface area (TPSA) is 174 Å². The monoisotopic (exact) mass is 1060 g/mol. The number of hydrogen-bond donors (Lipinski definition) is 2. The summed E-state index contributed by atoms with van der Waals surface area (Å²) in [6, 6.07) is 24.1. The number of hydrogen-bond acceptors (Lipinski definition) is 17. The number of methoxy groups -OCH3 is 11. The van der Waals surface area contributed by atoms with Crippen molar-refractivity contribution in [3.63, 3.8) is 0 Å². The Morgan fingerprint density at radius 3 is 1.45 bits per heavy atom. The average Bonchev–Trinajstić information content (AvgIpc) is 4.25. The van der Waals surface area contributed by atoms with E-state index in [4.69, 9.17) is 66.3 Å². The highest BCUT2D eigenvalue weighted by Gasteiger charge is 2.38. The minimum absolute atomic E-state index is 0.165. The Hall–Kier alpha value is -9.16. The second-order valence-corrected chi connectivity index (χ2v) is 16.4. The molecule has 77 heavy (non-hydrogen) atoms. The summed E-state index contributed by atoms with van der Waals surface area (Å²) >= 11 is 0. The first-order valence-electron chi connectivity index (χ1n) is 23.8. The molecule has 18 heteroatoms. The SMILES string of the molecule is COc1ccc(C2OC2/C=C\Nc2c(/C=C\c3cc(OC)c(OC)c(OCOc4cc(C(=O)/C=C\Nc5c(/C=C\c6cc(OC)c(OC)c(OC)c6)ccc(OC)c5OC)ccc4OC)c3)ccc(OC)c2OC)cc1F. The van der Waals surface area contributed by atoms with Crippen molar-refractivity contribution in [3.8, 4) is 74.7 Å². The number of rotatable bonds is 27. The highest BCUT2D eigenvalue weighted by Crippen LogP contribution is 2.45. The van der Waals surface area contributed by atoms with Crippen LogP contribution in [0, 0.1) is 5.82 Å². The molecular formula is C59H61FN2O15. The zero-order valence-electron chi connectivity index (χ0n) is 44.6. The van der Waals surface area contributed by atoms with Crippen LogP contribution in [0.3, 0.4) is 0 Å². The van der Waals surface area contributed by atoms with E-state index in [1.165, 1.54) is 53.9 Å². The van der Waals surface area contributed by atoms with E-state index in [1.54, 1.807) is 103 Å². The van der Waals surface area contributed by atoms with Crippen LogP contribution in [0.5, 0.6) is 74.7 Å². The molecule has 0 radical (unpaired) electrons. The van der Waals surface area contributed by atoms with E-state index >= 15 is 0 Å². The molecule has 1 saturated heterocycles. The molecule has 17 nitrogen and oxygen atoms in total. The van der Waals surface area contributed by atoms with Crippen molar-refractivity contribution in [2.24, 2.45) is 0 Å². The zero-order chi connectivity index (χ0) is 55.0. The molecule has 0 aliphatic carbocycles. The van der Waals surface area contributed by atoms with Crippen molar-refractivity contribution < 1.29 is 75.5 Å². The van der Waals surface area contributed by atoms with Gasteiger partial charge in [0, 0.05) is 29.0 Å². The van der Waals surface area contributed by atoms with Crippen LogP contribution < -0.4 is 72.2 Å². The number of ketones is 1. The molecule has 0 bridgehead atoms. The molecule has 404 valence electrons. The molecule has 2 unspecified atom stereocenters. The smallest absolute Gasteiger partial charge is 0.231 e. The molecule has 1 aliphatic heterocycles. The summed E-state index contributed by atoms with van der Waals surface area (Å²) in [5, 5.41) is 6.54. The Balaban J connectivity index is 1.06. The number of allylic oxidation sites excluding steroid dienone is 1. The van der Waals surface area contributed by atoms with Crippen molar-refractivity contribution in [1.29, 1.82) is 0 Å². The van der Waals surface area contributed by atoms with E-state index in [-0.39, 0.29) is 36.3 Å². The van der Waals surface area contributed by atoms with Crippen molar-refractivity contribution in [3.05, 3.63) is 149 Å². The van der Waals surface area contributed by atoms with Crippen molar-refractivity contribution in [1.82, 2.24) is 0 Å². The van der Waals surface area contributed by atoms with Crippen molar-refractivity contribution in [2.75, 3.05) is 95.6 Å². The molecule has 7 rings (SSSR count). The molecule has 1 aliphatic rings. The lowest BCUT2D eigenvalue weighted by atomic mass is 10.1. The fourth-order valence-electron chi connectivity index (χ4n) is 8.20. The lowest BCUT2D eigenvalue weighted by molar-refractivity contribution is 0.103. The highest BCUT2D eigenvalue weighted by molar-refractivity contribution is 6.05. The molecular weight excluding hydrogens is 996 g/mol. The van der Waals surface area contributed by atoms with E-state index in [9.17, 15) is 9.18 Å². The summed E-state index contributed by atoms with van der Waals surface area (Å²) in [4.78, 5) is 13.7. The molecule has 0 spiro atoms. The Morgan fingerprint density at radius 1 is 0.481 bits per heavy atom. The number of halogens is 1. The van der Waals surface area contributed by atoms with Gasteiger partial charge in [0.1, 0.15) is 12.2 Å². The number of carbonyl (C=O) groups is 1. The Morgan fingerprint density at radius 2 is 0.948 bits per heavy atom. The maximum absolute atomic E-state index is 14.4. The van der Waals surface area contributed by atoms with Gasteiger partial charge < -0.3 is 76.9 Å². The Bertz CT molecular complexity index is 3150. The van der Waals surface area contributed by atoms with Gasteiger partial charge in [0.2, 0.25) is 18.3 Å². The first-order valence-corrected chi connectivity index (χ1v) is 23.8. The number of epoxide rings is 1. The van der Waals surface area contributed by atoms with Crippen LogP contribution in [-0.2, 0) is 4.74 Å². The number of nitrogens with one attached hydrogen (secondary N) is 2. The lowest BCUT2D eigenvalue weighted by Gasteiger charge is -2.17. The third-order valence-electron chi connectivity index (χ3n) is 12.1. The van der Waals surface area contributed by atoms with Gasteiger partial charge in [-0.25, -0.2) is 4.39 Å². The quantitative estimate of drug-likeness (QED) is 0.0164. The van der Waals surface area contributed by atoms with Crippen LogP contribution in [0.4, 0.5) is 15.8 Å². The summed E-state index contributed by atoms with van der Waals surface area (Å²) in [7, 11) is 16.8. The van der Waals surface area contributed by atoms with Crippen LogP contribution in [0.2, 0.25) is 0 Å². The minimum atomic E-state index is -0.457. The highest BCUT2D eigenvalue weighted by atomic mass is 19.1. The van der Waals surface area contributed by atoms with Gasteiger partial charge in [0.05, 0.1) is 89.6 Å². The summed E-state index contributed by atoms with van der Waals surface area (Å²) in [6.07, 6.45) is 13.4. The molecule has 6 aromatic carbocycles. The summed E-state index contributed by atoms with van der Waals surface area (Å²) < 4.78 is 93.8. The molecule has 1 heterocycles. The number of ether oxygens (including phenoxy) is 14. The maximum Gasteiger partial charge on any atom is 0.231 e. The number of benzene rings is 6. The van der Waals surface area contributed by atoms with Crippen LogP contribution in [0.25, 0.3) is 24.3 Å². The van der Waals surface area contributed by atoms with Crippen molar-refractivity contribution >= 4 is 41.5 Å². The fourth-order valence-corrected chi connectivity index (χ4v) is 8.20. The molecule has 6 aromatic rings. The largest absolute Gasteiger partial charge is 0.494 e. The summed E-state index contributed by atoms with van der Waals surface area (Å²) in [5.74, 6) is 4.36. The van der Waals surface area contributed by atoms with Crippen LogP contribution in [-0.4, -0.2) is 96.9 Å². The van der Waals surface area contributed by atoms with Crippen LogP contribution >= 0.6 is 0 Å². The maximum atomic E-state index is 14.4. The number of carbonyl (C=O) groups excluding carboxylic acids is 1. The standard InChI is InChI=1S/C59H61FN2O15/c1-64-43-20-19-40(32-41(43)60)55-47(77-55)25-27-62-54-38(17-23-46(67-4)59(54)74-11)15-13-36-30-51(70-7)57(72-9)52(31-36)76-34-75-48-33-39(18-21-44(48)65-2)42(63)24-26-61-53-37(16-22-45(66-3)58(53)73-10)14-12-35-28-49(68-5)56(71-8)50(29-35)69-6/h12-33,47,55,61-62H,34H2,1-11H3/b14-12-,15-13-,26-24-,27-25-. The van der Waals surface area contributed by atoms with Gasteiger partial charge in [0.15, 0.2) is 74.8 Å². The van der Waals surface area contributed by atoms with E-state index in [2.05, 4.69) is 10.6 Å². The molecule has 1 fully saturated rings. The summed E-state index contributed by atoms with van der Waals surface area (Å²) in [6.45, 7) is -0.310. The summed E-state index contributed by atoms with van der Waals surface area (Å²) in [5.41, 5.74) is 5.10. The van der Waals surface area contributed by atoms with E-state index < -0.39 is 5.82 Å². The lowest BCUT2D eigenvalue weighted by Crippen LogP contribution is -2.09. The predicted molar refractivity (Wildman–Crippen MR) is 292 cm³/mol. The van der Waals surface area contributed by atoms with Crippen LogP contribution in [0.1, 0.15) is 44.3 Å². The first kappa shape index (κ1) is 55.6. The van der Waals surface area contributed by atoms with E-state index in [1.807, 2.05) is 54.6 Å². The third kappa shape index (κ3) is 13.0. The van der Waals surface area contributed by atoms with Gasteiger partial charge in [-0.1, -0.05) is 30.4 Å². The Labute approximate surface area is 446 Å². The van der Waals surface area contributed by atoms with E-state index in [0.717, 1.165) is 16.7 Å². The molecule has 0 saturated carbocycles. The normalized spacial score (nSPS) is 13.8. The minimum Gasteiger partial charge on any atom is -0.494 e. The van der Waals surface area contributed by atoms with Gasteiger partial charge in [-0.2, -0.15) is 0 Å². The second-order valence-electron chi connectivity index (χ2n) is 16.4. The molecule has 2 N–H and O–H groups in total. The van der Waals surface area contributed by atoms with Gasteiger partial charge in [0.25, 0.3) is 0 Å². The average molecular weight is 1060 g/mol. The van der Waals surface area contributed by atoms with Gasteiger partial charge in [-0.15, -0.1) is 0 Å². The third-order valence-corrected chi connectivity index (χ3v) is 12.1. The van der Waals surface area contributed by atoms with Crippen molar-refractivity contribution in [2.45, 2.75) is 12.2 Å². The molecule has 2 atom stereocenters. The molecule has 0 aromatic heterocycles. The fraction of sp³-hybridized carbons (Fsp3) is 0.237. The second kappa shape index (κ2) is 26.4. The van der Waals surface area contributed by atoms with Gasteiger partial charge >= 0.3 is 0 Å². The van der Waals surface area contributed by atoms with Gasteiger partial charge in [-0.3, -0.25) is 4.79 Å². The van der Waals surface area contributed by atoms with E-state index in [0.29, 0.717) is 91.3 Å². The van der Waals surface area contributed by atoms with Crippen LogP contribution in [0.15, 0.2) is 109 Å². The predicted octanol–water partition coefficient (Wildman–Crippen LogP) is 11.6. The number of anilines is 2. The van der Waals surface area contributed by atoms with Gasteiger partial charge in [-0.05, 0) is 108 Å². The Kier molecular flexibility index (Phi) is 19.0.